The Hall–Kier alpha value is -1.40. The highest BCUT2D eigenvalue weighted by atomic mass is 32.2. The maximum Gasteiger partial charge on any atom is 0.237 e. The zero-order valence-corrected chi connectivity index (χ0v) is 15.2. The number of nitrogens with two attached hydrogens (primary N) is 1. The van der Waals surface area contributed by atoms with Gasteiger partial charge in [-0.25, -0.2) is 8.42 Å². The number of amides is 1. The van der Waals surface area contributed by atoms with Crippen LogP contribution in [0.15, 0.2) is 24.3 Å². The van der Waals surface area contributed by atoms with Gasteiger partial charge in [-0.3, -0.25) is 4.79 Å². The summed E-state index contributed by atoms with van der Waals surface area (Å²) in [5.41, 5.74) is 8.03. The van der Waals surface area contributed by atoms with Gasteiger partial charge in [-0.15, -0.1) is 0 Å². The molecule has 0 bridgehead atoms. The van der Waals surface area contributed by atoms with Crippen molar-refractivity contribution in [2.24, 2.45) is 11.7 Å². The van der Waals surface area contributed by atoms with Gasteiger partial charge >= 0.3 is 0 Å². The molecule has 1 aromatic rings. The van der Waals surface area contributed by atoms with E-state index in [0.29, 0.717) is 5.92 Å². The van der Waals surface area contributed by atoms with Crippen LogP contribution >= 0.6 is 0 Å². The summed E-state index contributed by atoms with van der Waals surface area (Å²) < 4.78 is 22.4. The molecule has 5 nitrogen and oxygen atoms in total. The Morgan fingerprint density at radius 3 is 2.39 bits per heavy atom. The number of hydrogen-bond acceptors (Lipinski definition) is 4. The van der Waals surface area contributed by atoms with Gasteiger partial charge in [0, 0.05) is 6.26 Å². The number of carbonyl (C=O) groups is 1. The van der Waals surface area contributed by atoms with E-state index >= 15 is 0 Å². The van der Waals surface area contributed by atoms with Crippen molar-refractivity contribution >= 4 is 15.7 Å². The van der Waals surface area contributed by atoms with Gasteiger partial charge in [0.2, 0.25) is 5.91 Å². The maximum absolute atomic E-state index is 12.3. The second kappa shape index (κ2) is 8.45. The van der Waals surface area contributed by atoms with Crippen LogP contribution in [-0.4, -0.2) is 32.4 Å². The molecule has 1 amide bonds. The summed E-state index contributed by atoms with van der Waals surface area (Å²) in [7, 11) is -3.12. The topological polar surface area (TPSA) is 89.3 Å². The fourth-order valence-electron chi connectivity index (χ4n) is 2.46. The first-order valence-electron chi connectivity index (χ1n) is 7.89. The minimum Gasteiger partial charge on any atom is -0.348 e. The average molecular weight is 340 g/mol. The molecular weight excluding hydrogens is 312 g/mol. The van der Waals surface area contributed by atoms with Crippen molar-refractivity contribution in [2.45, 2.75) is 45.7 Å². The van der Waals surface area contributed by atoms with Gasteiger partial charge in [0.1, 0.15) is 9.84 Å². The van der Waals surface area contributed by atoms with E-state index in [4.69, 9.17) is 5.73 Å². The summed E-state index contributed by atoms with van der Waals surface area (Å²) in [5, 5.41) is 2.98. The van der Waals surface area contributed by atoms with Crippen LogP contribution in [0.25, 0.3) is 0 Å². The van der Waals surface area contributed by atoms with Gasteiger partial charge in [0.15, 0.2) is 0 Å². The van der Waals surface area contributed by atoms with E-state index < -0.39 is 15.9 Å². The van der Waals surface area contributed by atoms with Gasteiger partial charge in [-0.05, 0) is 36.8 Å². The largest absolute Gasteiger partial charge is 0.348 e. The molecule has 0 saturated heterocycles. The summed E-state index contributed by atoms with van der Waals surface area (Å²) in [6.45, 7) is 6.21. The highest BCUT2D eigenvalue weighted by Crippen LogP contribution is 2.24. The van der Waals surface area contributed by atoms with Gasteiger partial charge < -0.3 is 11.1 Å². The quantitative estimate of drug-likeness (QED) is 0.757. The minimum absolute atomic E-state index is 0.0825. The Kier molecular flexibility index (Phi) is 7.22. The number of aryl methyl sites for hydroxylation is 1. The lowest BCUT2D eigenvalue weighted by atomic mass is 9.93. The molecule has 130 valence electrons. The lowest BCUT2D eigenvalue weighted by Gasteiger charge is -2.24. The molecule has 0 fully saturated rings. The van der Waals surface area contributed by atoms with Crippen LogP contribution < -0.4 is 11.1 Å². The molecule has 0 spiro atoms. The Bertz CT molecular complexity index is 626. The predicted molar refractivity (Wildman–Crippen MR) is 93.8 cm³/mol. The van der Waals surface area contributed by atoms with E-state index in [-0.39, 0.29) is 24.1 Å². The molecule has 6 heteroatoms. The number of rotatable bonds is 8. The van der Waals surface area contributed by atoms with Crippen LogP contribution in [0.1, 0.15) is 43.9 Å². The van der Waals surface area contributed by atoms with Crippen molar-refractivity contribution in [1.29, 1.82) is 0 Å². The number of carbonyl (C=O) groups excluding carboxylic acids is 1. The molecule has 0 radical (unpaired) electrons. The first-order valence-corrected chi connectivity index (χ1v) is 9.95. The Balaban J connectivity index is 2.81. The standard InChI is InChI=1S/C17H28N2O3S/c1-12(2)11-16(14-8-6-5-7-13(14)3)19-17(20)15(18)9-10-23(4,21)22/h5-8,12,15-16H,9-11,18H2,1-4H3,(H,19,20). The van der Waals surface area contributed by atoms with Crippen molar-refractivity contribution in [1.82, 2.24) is 5.32 Å². The Morgan fingerprint density at radius 2 is 1.87 bits per heavy atom. The smallest absolute Gasteiger partial charge is 0.237 e. The predicted octanol–water partition coefficient (Wildman–Crippen LogP) is 1.96. The van der Waals surface area contributed by atoms with Crippen LogP contribution in [0.3, 0.4) is 0 Å². The molecule has 2 unspecified atom stereocenters. The third-order valence-corrected chi connectivity index (χ3v) is 4.70. The van der Waals surface area contributed by atoms with Gasteiger partial charge in [-0.1, -0.05) is 38.1 Å². The number of sulfone groups is 1. The zero-order chi connectivity index (χ0) is 17.6. The lowest BCUT2D eigenvalue weighted by Crippen LogP contribution is -2.43. The van der Waals surface area contributed by atoms with Crippen LogP contribution in [0.5, 0.6) is 0 Å². The van der Waals surface area contributed by atoms with Crippen molar-refractivity contribution < 1.29 is 13.2 Å². The summed E-state index contributed by atoms with van der Waals surface area (Å²) in [4.78, 5) is 12.3. The molecule has 23 heavy (non-hydrogen) atoms. The van der Waals surface area contributed by atoms with E-state index in [1.54, 1.807) is 0 Å². The zero-order valence-electron chi connectivity index (χ0n) is 14.4. The number of nitrogens with one attached hydrogen (secondary N) is 1. The van der Waals surface area contributed by atoms with E-state index in [2.05, 4.69) is 19.2 Å². The molecule has 0 saturated carbocycles. The molecule has 0 aromatic heterocycles. The number of hydrogen-bond donors (Lipinski definition) is 2. The first kappa shape index (κ1) is 19.6. The Labute approximate surface area is 139 Å². The first-order chi connectivity index (χ1) is 10.6. The van der Waals surface area contributed by atoms with Crippen molar-refractivity contribution in [3.63, 3.8) is 0 Å². The maximum atomic E-state index is 12.3. The average Bonchev–Trinajstić information content (AvgIpc) is 2.43. The third kappa shape index (κ3) is 7.14. The van der Waals surface area contributed by atoms with Gasteiger partial charge in [0.25, 0.3) is 0 Å². The van der Waals surface area contributed by atoms with Crippen LogP contribution in [0.2, 0.25) is 0 Å². The highest BCUT2D eigenvalue weighted by molar-refractivity contribution is 7.90. The SMILES string of the molecule is Cc1ccccc1C(CC(C)C)NC(=O)C(N)CCS(C)(=O)=O. The van der Waals surface area contributed by atoms with Crippen molar-refractivity contribution in [3.8, 4) is 0 Å². The summed E-state index contributed by atoms with van der Waals surface area (Å²) in [6, 6.07) is 7.00. The normalized spacial score (nSPS) is 14.5. The Morgan fingerprint density at radius 1 is 1.26 bits per heavy atom. The monoisotopic (exact) mass is 340 g/mol. The second-order valence-electron chi connectivity index (χ2n) is 6.57. The van der Waals surface area contributed by atoms with E-state index in [1.807, 2.05) is 31.2 Å². The molecule has 0 aliphatic heterocycles. The van der Waals surface area contributed by atoms with Crippen LogP contribution in [-0.2, 0) is 14.6 Å². The summed E-state index contributed by atoms with van der Waals surface area (Å²) in [5.74, 6) is 0.0237. The number of benzene rings is 1. The minimum atomic E-state index is -3.12. The lowest BCUT2D eigenvalue weighted by molar-refractivity contribution is -0.123. The van der Waals surface area contributed by atoms with Gasteiger partial charge in [0.05, 0.1) is 17.8 Å². The molecule has 1 aromatic carbocycles. The summed E-state index contributed by atoms with van der Waals surface area (Å²) >= 11 is 0. The van der Waals surface area contributed by atoms with Gasteiger partial charge in [-0.2, -0.15) is 0 Å². The molecule has 0 aliphatic rings. The fourth-order valence-corrected chi connectivity index (χ4v) is 3.15. The van der Waals surface area contributed by atoms with Crippen molar-refractivity contribution in [3.05, 3.63) is 35.4 Å². The molecule has 2 atom stereocenters. The summed E-state index contributed by atoms with van der Waals surface area (Å²) in [6.07, 6.45) is 2.08. The van der Waals surface area contributed by atoms with Crippen molar-refractivity contribution in [2.75, 3.05) is 12.0 Å². The molecule has 1 rings (SSSR count). The molecule has 0 heterocycles. The van der Waals surface area contributed by atoms with E-state index in [9.17, 15) is 13.2 Å². The highest BCUT2D eigenvalue weighted by Gasteiger charge is 2.22. The molecular formula is C17H28N2O3S. The third-order valence-electron chi connectivity index (χ3n) is 3.72. The van der Waals surface area contributed by atoms with E-state index in [0.717, 1.165) is 23.8 Å². The molecule has 0 aliphatic carbocycles. The fraction of sp³-hybridized carbons (Fsp3) is 0.588. The van der Waals surface area contributed by atoms with Crippen LogP contribution in [0.4, 0.5) is 0 Å². The van der Waals surface area contributed by atoms with Crippen LogP contribution in [0, 0.1) is 12.8 Å². The van der Waals surface area contributed by atoms with E-state index in [1.165, 1.54) is 0 Å². The molecule has 3 N–H and O–H groups in total. The second-order valence-corrected chi connectivity index (χ2v) is 8.83.